The van der Waals surface area contributed by atoms with Gasteiger partial charge in [-0.3, -0.25) is 4.79 Å². The molecule has 3 N–H and O–H groups in total. The molecule has 100 valence electrons. The van der Waals surface area contributed by atoms with E-state index in [9.17, 15) is 4.79 Å². The lowest BCUT2D eigenvalue weighted by molar-refractivity contribution is -0.117. The highest BCUT2D eigenvalue weighted by Gasteiger charge is 2.12. The molecule has 0 aliphatic rings. The van der Waals surface area contributed by atoms with Gasteiger partial charge in [-0.05, 0) is 23.6 Å². The Balaban J connectivity index is 2.64. The van der Waals surface area contributed by atoms with E-state index >= 15 is 0 Å². The lowest BCUT2D eigenvalue weighted by Crippen LogP contribution is -2.30. The Morgan fingerprint density at radius 1 is 1.33 bits per heavy atom. The number of methoxy groups -OCH3 is 1. The molecule has 0 aromatic heterocycles. The quantitative estimate of drug-likeness (QED) is 0.775. The molecule has 4 heteroatoms. The zero-order chi connectivity index (χ0) is 13.5. The van der Waals surface area contributed by atoms with Gasteiger partial charge in [0.2, 0.25) is 5.91 Å². The minimum Gasteiger partial charge on any atom is -0.383 e. The summed E-state index contributed by atoms with van der Waals surface area (Å²) in [7, 11) is 1.70. The van der Waals surface area contributed by atoms with Crippen molar-refractivity contribution in [3.63, 3.8) is 0 Å². The van der Waals surface area contributed by atoms with E-state index in [0.717, 1.165) is 11.3 Å². The van der Waals surface area contributed by atoms with Crippen molar-refractivity contribution >= 4 is 11.6 Å². The summed E-state index contributed by atoms with van der Waals surface area (Å²) in [5, 5.41) is 3.42. The molecule has 0 radical (unpaired) electrons. The number of ether oxygens (including phenoxy) is 1. The smallest absolute Gasteiger partial charge is 0.221 e. The number of carbonyl (C=O) groups is 1. The molecule has 0 aliphatic heterocycles. The molecule has 4 nitrogen and oxygen atoms in total. The van der Waals surface area contributed by atoms with Crippen LogP contribution in [0, 0.1) is 5.92 Å². The molecular formula is C14H22N2O2. The van der Waals surface area contributed by atoms with E-state index < -0.39 is 0 Å². The Morgan fingerprint density at radius 2 is 1.94 bits per heavy atom. The summed E-state index contributed by atoms with van der Waals surface area (Å²) >= 11 is 0. The largest absolute Gasteiger partial charge is 0.383 e. The van der Waals surface area contributed by atoms with Crippen LogP contribution in [0.15, 0.2) is 24.3 Å². The molecule has 1 aromatic carbocycles. The molecular weight excluding hydrogens is 228 g/mol. The van der Waals surface area contributed by atoms with Gasteiger partial charge >= 0.3 is 0 Å². The zero-order valence-corrected chi connectivity index (χ0v) is 11.3. The third kappa shape index (κ3) is 4.75. The number of nitrogens with two attached hydrogens (primary N) is 1. The number of anilines is 1. The summed E-state index contributed by atoms with van der Waals surface area (Å²) in [5.74, 6) is 0.172. The fourth-order valence-electron chi connectivity index (χ4n) is 1.71. The van der Waals surface area contributed by atoms with E-state index in [1.165, 1.54) is 0 Å². The van der Waals surface area contributed by atoms with Crippen LogP contribution in [-0.4, -0.2) is 25.7 Å². The maximum Gasteiger partial charge on any atom is 0.221 e. The van der Waals surface area contributed by atoms with E-state index in [4.69, 9.17) is 10.5 Å². The molecule has 0 saturated heterocycles. The first-order valence-corrected chi connectivity index (χ1v) is 6.15. The van der Waals surface area contributed by atoms with Crippen molar-refractivity contribution in [2.24, 2.45) is 11.7 Å². The molecule has 1 aromatic rings. The predicted octanol–water partition coefficient (Wildman–Crippen LogP) is 1.80. The van der Waals surface area contributed by atoms with Gasteiger partial charge in [0.15, 0.2) is 0 Å². The summed E-state index contributed by atoms with van der Waals surface area (Å²) in [6.45, 7) is 4.97. The third-order valence-corrected chi connectivity index (χ3v) is 2.84. The van der Waals surface area contributed by atoms with Crippen LogP contribution >= 0.6 is 0 Å². The monoisotopic (exact) mass is 250 g/mol. The fourth-order valence-corrected chi connectivity index (χ4v) is 1.71. The highest BCUT2D eigenvalue weighted by Crippen LogP contribution is 2.14. The maximum atomic E-state index is 10.8. The molecule has 1 amide bonds. The second-order valence-corrected chi connectivity index (χ2v) is 4.79. The van der Waals surface area contributed by atoms with Gasteiger partial charge in [0.1, 0.15) is 0 Å². The molecule has 0 saturated carbocycles. The summed E-state index contributed by atoms with van der Waals surface area (Å²) < 4.78 is 5.19. The molecule has 0 fully saturated rings. The molecule has 18 heavy (non-hydrogen) atoms. The summed E-state index contributed by atoms with van der Waals surface area (Å²) in [5.41, 5.74) is 7.11. The van der Waals surface area contributed by atoms with Gasteiger partial charge in [0.05, 0.1) is 19.1 Å². The second-order valence-electron chi connectivity index (χ2n) is 4.79. The topological polar surface area (TPSA) is 64.3 Å². The molecule has 0 heterocycles. The van der Waals surface area contributed by atoms with Crippen molar-refractivity contribution in [2.75, 3.05) is 19.0 Å². The third-order valence-electron chi connectivity index (χ3n) is 2.84. The summed E-state index contributed by atoms with van der Waals surface area (Å²) in [4.78, 5) is 10.8. The number of hydrogen-bond acceptors (Lipinski definition) is 3. The van der Waals surface area contributed by atoms with Gasteiger partial charge in [-0.15, -0.1) is 0 Å². The van der Waals surface area contributed by atoms with Crippen molar-refractivity contribution in [3.8, 4) is 0 Å². The van der Waals surface area contributed by atoms with E-state index in [-0.39, 0.29) is 18.4 Å². The summed E-state index contributed by atoms with van der Waals surface area (Å²) in [6.07, 6.45) is 0.284. The maximum absolute atomic E-state index is 10.8. The van der Waals surface area contributed by atoms with Crippen molar-refractivity contribution in [1.29, 1.82) is 0 Å². The van der Waals surface area contributed by atoms with E-state index in [0.29, 0.717) is 12.5 Å². The number of hydrogen-bond donors (Lipinski definition) is 2. The first-order chi connectivity index (χ1) is 8.52. The van der Waals surface area contributed by atoms with Crippen LogP contribution in [0.2, 0.25) is 0 Å². The van der Waals surface area contributed by atoms with Crippen LogP contribution < -0.4 is 11.1 Å². The summed E-state index contributed by atoms with van der Waals surface area (Å²) in [6, 6.07) is 8.03. The number of primary amides is 1. The Labute approximate surface area is 109 Å². The van der Waals surface area contributed by atoms with Crippen molar-refractivity contribution in [3.05, 3.63) is 29.8 Å². The number of benzene rings is 1. The molecule has 0 spiro atoms. The van der Waals surface area contributed by atoms with Gasteiger partial charge in [0, 0.05) is 12.8 Å². The zero-order valence-electron chi connectivity index (χ0n) is 11.3. The number of carbonyl (C=O) groups excluding carboxylic acids is 1. The number of nitrogens with one attached hydrogen (secondary N) is 1. The van der Waals surface area contributed by atoms with Crippen molar-refractivity contribution in [1.82, 2.24) is 0 Å². The first kappa shape index (κ1) is 14.5. The molecule has 1 atom stereocenters. The lowest BCUT2D eigenvalue weighted by atomic mass is 10.0. The normalized spacial score (nSPS) is 12.4. The highest BCUT2D eigenvalue weighted by atomic mass is 16.5. The van der Waals surface area contributed by atoms with Crippen LogP contribution in [0.5, 0.6) is 0 Å². The average Bonchev–Trinajstić information content (AvgIpc) is 2.30. The van der Waals surface area contributed by atoms with Crippen LogP contribution in [0.25, 0.3) is 0 Å². The van der Waals surface area contributed by atoms with Gasteiger partial charge in [-0.2, -0.15) is 0 Å². The van der Waals surface area contributed by atoms with Crippen LogP contribution in [0.4, 0.5) is 5.69 Å². The van der Waals surface area contributed by atoms with E-state index in [2.05, 4.69) is 19.2 Å². The predicted molar refractivity (Wildman–Crippen MR) is 73.5 cm³/mol. The Morgan fingerprint density at radius 3 is 2.39 bits per heavy atom. The van der Waals surface area contributed by atoms with Crippen LogP contribution in [-0.2, 0) is 16.0 Å². The van der Waals surface area contributed by atoms with Gasteiger partial charge in [-0.1, -0.05) is 26.0 Å². The second kappa shape index (κ2) is 7.01. The first-order valence-electron chi connectivity index (χ1n) is 6.15. The number of amides is 1. The number of rotatable bonds is 7. The molecule has 1 unspecified atom stereocenters. The van der Waals surface area contributed by atoms with Gasteiger partial charge in [0.25, 0.3) is 0 Å². The van der Waals surface area contributed by atoms with E-state index in [1.54, 1.807) is 7.11 Å². The van der Waals surface area contributed by atoms with E-state index in [1.807, 2.05) is 24.3 Å². The highest BCUT2D eigenvalue weighted by molar-refractivity contribution is 5.76. The van der Waals surface area contributed by atoms with Gasteiger partial charge in [-0.25, -0.2) is 0 Å². The Kier molecular flexibility index (Phi) is 5.65. The van der Waals surface area contributed by atoms with Crippen LogP contribution in [0.1, 0.15) is 19.4 Å². The fraction of sp³-hybridized carbons (Fsp3) is 0.500. The molecule has 0 aliphatic carbocycles. The Hall–Kier alpha value is -1.55. The lowest BCUT2D eigenvalue weighted by Gasteiger charge is -2.22. The minimum atomic E-state index is -0.310. The standard InChI is InChI=1S/C14H22N2O2/c1-10(2)13(9-18-3)16-12-6-4-11(5-7-12)8-14(15)17/h4-7,10,13,16H,8-9H2,1-3H3,(H2,15,17). The average molecular weight is 250 g/mol. The van der Waals surface area contributed by atoms with Gasteiger partial charge < -0.3 is 15.8 Å². The van der Waals surface area contributed by atoms with Crippen molar-refractivity contribution < 1.29 is 9.53 Å². The minimum absolute atomic E-state index is 0.275. The SMILES string of the molecule is COCC(Nc1ccc(CC(N)=O)cc1)C(C)C. The van der Waals surface area contributed by atoms with Crippen molar-refractivity contribution in [2.45, 2.75) is 26.3 Å². The Bertz CT molecular complexity index is 374. The molecule has 0 bridgehead atoms. The van der Waals surface area contributed by atoms with Crippen LogP contribution in [0.3, 0.4) is 0 Å². The molecule has 1 rings (SSSR count).